The van der Waals surface area contributed by atoms with Crippen LogP contribution in [0.25, 0.3) is 0 Å². The summed E-state index contributed by atoms with van der Waals surface area (Å²) in [5.74, 6) is -0.816. The molecule has 5 nitrogen and oxygen atoms in total. The van der Waals surface area contributed by atoms with Crippen LogP contribution in [0.4, 0.5) is 4.39 Å². The van der Waals surface area contributed by atoms with Gasteiger partial charge in [0.15, 0.2) is 0 Å². The van der Waals surface area contributed by atoms with Crippen LogP contribution in [0.1, 0.15) is 12.0 Å². The smallest absolute Gasteiger partial charge is 0.227 e. The van der Waals surface area contributed by atoms with E-state index in [1.165, 1.54) is 6.07 Å². The molecule has 0 bridgehead atoms. The van der Waals surface area contributed by atoms with Crippen molar-refractivity contribution in [2.45, 2.75) is 12.8 Å². The molecule has 1 aromatic rings. The van der Waals surface area contributed by atoms with Crippen LogP contribution < -0.4 is 11.1 Å². The summed E-state index contributed by atoms with van der Waals surface area (Å²) in [6.45, 7) is 0.304. The second kappa shape index (κ2) is 6.47. The van der Waals surface area contributed by atoms with Gasteiger partial charge >= 0.3 is 0 Å². The molecule has 4 N–H and O–H groups in total. The molecule has 92 valence electrons. The summed E-state index contributed by atoms with van der Waals surface area (Å²) in [7, 11) is 0. The highest BCUT2D eigenvalue weighted by atomic mass is 19.1. The van der Waals surface area contributed by atoms with Crippen LogP contribution in [0.15, 0.2) is 29.4 Å². The number of carbonyl (C=O) groups is 1. The van der Waals surface area contributed by atoms with E-state index in [1.54, 1.807) is 18.2 Å². The number of amidine groups is 1. The van der Waals surface area contributed by atoms with Crippen LogP contribution in [0.5, 0.6) is 0 Å². The lowest BCUT2D eigenvalue weighted by atomic mass is 10.1. The first kappa shape index (κ1) is 13.0. The second-order valence-corrected chi connectivity index (χ2v) is 3.46. The average molecular weight is 239 g/mol. The van der Waals surface area contributed by atoms with Crippen LogP contribution in [-0.2, 0) is 11.2 Å². The van der Waals surface area contributed by atoms with Crippen LogP contribution >= 0.6 is 0 Å². The first-order valence-corrected chi connectivity index (χ1v) is 5.10. The number of benzene rings is 1. The van der Waals surface area contributed by atoms with E-state index >= 15 is 0 Å². The van der Waals surface area contributed by atoms with Crippen molar-refractivity contribution in [1.82, 2.24) is 5.32 Å². The SMILES string of the molecule is N/C(CC(=O)NCCc1ccccc1F)=N\O. The first-order chi connectivity index (χ1) is 8.13. The van der Waals surface area contributed by atoms with Gasteiger partial charge in [-0.25, -0.2) is 4.39 Å². The van der Waals surface area contributed by atoms with E-state index in [2.05, 4.69) is 10.5 Å². The van der Waals surface area contributed by atoms with Gasteiger partial charge in [0.2, 0.25) is 5.91 Å². The molecular formula is C11H14FN3O2. The van der Waals surface area contributed by atoms with Crippen molar-refractivity contribution in [2.75, 3.05) is 6.54 Å². The molecule has 1 aromatic carbocycles. The summed E-state index contributed by atoms with van der Waals surface area (Å²) in [5.41, 5.74) is 5.70. The number of nitrogens with one attached hydrogen (secondary N) is 1. The van der Waals surface area contributed by atoms with E-state index < -0.39 is 0 Å². The molecule has 0 aliphatic carbocycles. The normalized spacial score (nSPS) is 11.2. The van der Waals surface area contributed by atoms with Gasteiger partial charge in [-0.05, 0) is 18.1 Å². The van der Waals surface area contributed by atoms with E-state index in [-0.39, 0.29) is 24.0 Å². The Balaban J connectivity index is 2.33. The van der Waals surface area contributed by atoms with E-state index in [0.29, 0.717) is 18.5 Å². The minimum Gasteiger partial charge on any atom is -0.409 e. The van der Waals surface area contributed by atoms with Gasteiger partial charge in [-0.1, -0.05) is 23.4 Å². The van der Waals surface area contributed by atoms with Gasteiger partial charge in [0.25, 0.3) is 0 Å². The zero-order valence-corrected chi connectivity index (χ0v) is 9.19. The van der Waals surface area contributed by atoms with Crippen molar-refractivity contribution < 1.29 is 14.4 Å². The molecular weight excluding hydrogens is 225 g/mol. The summed E-state index contributed by atoms with van der Waals surface area (Å²) >= 11 is 0. The van der Waals surface area contributed by atoms with Gasteiger partial charge < -0.3 is 16.3 Å². The molecule has 0 fully saturated rings. The maximum absolute atomic E-state index is 13.2. The Morgan fingerprint density at radius 1 is 1.47 bits per heavy atom. The summed E-state index contributed by atoms with van der Waals surface area (Å²) in [4.78, 5) is 11.2. The van der Waals surface area contributed by atoms with Crippen molar-refractivity contribution in [1.29, 1.82) is 0 Å². The lowest BCUT2D eigenvalue weighted by molar-refractivity contribution is -0.119. The quantitative estimate of drug-likeness (QED) is 0.304. The maximum atomic E-state index is 13.2. The summed E-state index contributed by atoms with van der Waals surface area (Å²) in [6.07, 6.45) is 0.225. The lowest BCUT2D eigenvalue weighted by Crippen LogP contribution is -2.30. The van der Waals surface area contributed by atoms with Crippen molar-refractivity contribution >= 4 is 11.7 Å². The Morgan fingerprint density at radius 2 is 2.18 bits per heavy atom. The Kier molecular flexibility index (Phi) is 4.93. The fourth-order valence-corrected chi connectivity index (χ4v) is 1.30. The molecule has 0 atom stereocenters. The molecule has 17 heavy (non-hydrogen) atoms. The first-order valence-electron chi connectivity index (χ1n) is 5.10. The fraction of sp³-hybridized carbons (Fsp3) is 0.273. The largest absolute Gasteiger partial charge is 0.409 e. The van der Waals surface area contributed by atoms with Gasteiger partial charge in [-0.15, -0.1) is 0 Å². The van der Waals surface area contributed by atoms with Gasteiger partial charge in [0, 0.05) is 6.54 Å². The van der Waals surface area contributed by atoms with Crippen LogP contribution in [0, 0.1) is 5.82 Å². The topological polar surface area (TPSA) is 87.7 Å². The number of hydrogen-bond donors (Lipinski definition) is 3. The minimum absolute atomic E-state index is 0.159. The number of carbonyl (C=O) groups excluding carboxylic acids is 1. The van der Waals surface area contributed by atoms with E-state index in [9.17, 15) is 9.18 Å². The fourth-order valence-electron chi connectivity index (χ4n) is 1.30. The zero-order chi connectivity index (χ0) is 12.7. The number of nitrogens with two attached hydrogens (primary N) is 1. The molecule has 0 spiro atoms. The van der Waals surface area contributed by atoms with Gasteiger partial charge in [-0.2, -0.15) is 0 Å². The molecule has 0 saturated carbocycles. The third-order valence-electron chi connectivity index (χ3n) is 2.14. The number of nitrogens with zero attached hydrogens (tertiary/aromatic N) is 1. The second-order valence-electron chi connectivity index (χ2n) is 3.46. The minimum atomic E-state index is -0.364. The Morgan fingerprint density at radius 3 is 2.82 bits per heavy atom. The third kappa shape index (κ3) is 4.50. The Bertz CT molecular complexity index is 421. The predicted octanol–water partition coefficient (Wildman–Crippen LogP) is 0.621. The highest BCUT2D eigenvalue weighted by molar-refractivity contribution is 5.98. The molecule has 6 heteroatoms. The standard InChI is InChI=1S/C11H14FN3O2/c12-9-4-2-1-3-8(9)5-6-14-11(16)7-10(13)15-17/h1-4,17H,5-7H2,(H2,13,15)(H,14,16). The molecule has 0 aromatic heterocycles. The van der Waals surface area contributed by atoms with Gasteiger partial charge in [0.05, 0.1) is 6.42 Å². The van der Waals surface area contributed by atoms with Crippen molar-refractivity contribution in [2.24, 2.45) is 10.9 Å². The molecule has 0 unspecified atom stereocenters. The molecule has 1 rings (SSSR count). The molecule has 0 radical (unpaired) electrons. The summed E-state index contributed by atoms with van der Waals surface area (Å²) < 4.78 is 13.2. The number of oxime groups is 1. The zero-order valence-electron chi connectivity index (χ0n) is 9.19. The van der Waals surface area contributed by atoms with Crippen molar-refractivity contribution in [3.8, 4) is 0 Å². The average Bonchev–Trinajstić information content (AvgIpc) is 2.31. The Labute approximate surface area is 98.1 Å². The lowest BCUT2D eigenvalue weighted by Gasteiger charge is -2.05. The van der Waals surface area contributed by atoms with E-state index in [0.717, 1.165) is 0 Å². The van der Waals surface area contributed by atoms with Gasteiger partial charge in [-0.3, -0.25) is 4.79 Å². The predicted molar refractivity (Wildman–Crippen MR) is 61.1 cm³/mol. The summed E-state index contributed by atoms with van der Waals surface area (Å²) in [6, 6.07) is 6.37. The maximum Gasteiger partial charge on any atom is 0.227 e. The number of halogens is 1. The van der Waals surface area contributed by atoms with Crippen LogP contribution in [-0.4, -0.2) is 23.5 Å². The summed E-state index contributed by atoms with van der Waals surface area (Å²) in [5, 5.41) is 13.5. The van der Waals surface area contributed by atoms with E-state index in [1.807, 2.05) is 0 Å². The monoisotopic (exact) mass is 239 g/mol. The van der Waals surface area contributed by atoms with Crippen LogP contribution in [0.2, 0.25) is 0 Å². The third-order valence-corrected chi connectivity index (χ3v) is 2.14. The van der Waals surface area contributed by atoms with Gasteiger partial charge in [0.1, 0.15) is 11.7 Å². The number of hydrogen-bond acceptors (Lipinski definition) is 3. The number of amides is 1. The van der Waals surface area contributed by atoms with Crippen molar-refractivity contribution in [3.63, 3.8) is 0 Å². The highest BCUT2D eigenvalue weighted by Gasteiger charge is 2.05. The van der Waals surface area contributed by atoms with Crippen LogP contribution in [0.3, 0.4) is 0 Å². The molecule has 0 heterocycles. The molecule has 0 aliphatic heterocycles. The Hall–Kier alpha value is -2.11. The molecule has 0 saturated heterocycles. The van der Waals surface area contributed by atoms with Crippen molar-refractivity contribution in [3.05, 3.63) is 35.6 Å². The van der Waals surface area contributed by atoms with E-state index in [4.69, 9.17) is 10.9 Å². The molecule has 0 aliphatic rings. The molecule has 1 amide bonds. The highest BCUT2D eigenvalue weighted by Crippen LogP contribution is 2.06. The number of rotatable bonds is 5.